The molecule has 0 saturated heterocycles. The van der Waals surface area contributed by atoms with Crippen LogP contribution in [-0.4, -0.2) is 65.0 Å². The van der Waals surface area contributed by atoms with Gasteiger partial charge in [0.15, 0.2) is 11.4 Å². The van der Waals surface area contributed by atoms with Crippen LogP contribution in [0.2, 0.25) is 0 Å². The molecular weight excluding hydrogens is 492 g/mol. The van der Waals surface area contributed by atoms with Crippen LogP contribution in [0.5, 0.6) is 5.75 Å². The summed E-state index contributed by atoms with van der Waals surface area (Å²) in [5.74, 6) is -2.41. The summed E-state index contributed by atoms with van der Waals surface area (Å²) in [4.78, 5) is 32.8. The average Bonchev–Trinajstić information content (AvgIpc) is 3.29. The summed E-state index contributed by atoms with van der Waals surface area (Å²) >= 11 is 1.16. The van der Waals surface area contributed by atoms with Gasteiger partial charge in [-0.3, -0.25) is 9.59 Å². The van der Waals surface area contributed by atoms with Gasteiger partial charge in [0.1, 0.15) is 16.6 Å². The molecule has 1 aromatic carbocycles. The zero-order chi connectivity index (χ0) is 26.0. The molecule has 0 fully saturated rings. The maximum atomic E-state index is 14.1. The monoisotopic (exact) mass is 519 g/mol. The van der Waals surface area contributed by atoms with Crippen LogP contribution >= 0.6 is 11.3 Å². The molecular formula is C25H27F2N3O5S. The van der Waals surface area contributed by atoms with Crippen molar-refractivity contribution in [1.29, 1.82) is 0 Å². The minimum Gasteiger partial charge on any atom is -0.503 e. The number of thiazole rings is 1. The quantitative estimate of drug-likeness (QED) is 0.434. The van der Waals surface area contributed by atoms with Crippen LogP contribution in [0.25, 0.3) is 10.6 Å². The van der Waals surface area contributed by atoms with E-state index in [0.717, 1.165) is 17.4 Å². The molecule has 3 heterocycles. The first-order valence-corrected chi connectivity index (χ1v) is 12.3. The predicted octanol–water partition coefficient (Wildman–Crippen LogP) is 3.61. The fourth-order valence-electron chi connectivity index (χ4n) is 4.11. The fourth-order valence-corrected chi connectivity index (χ4v) is 5.05. The third-order valence-corrected chi connectivity index (χ3v) is 7.03. The van der Waals surface area contributed by atoms with E-state index >= 15 is 0 Å². The molecule has 1 amide bonds. The zero-order valence-corrected chi connectivity index (χ0v) is 21.0. The summed E-state index contributed by atoms with van der Waals surface area (Å²) in [6.07, 6.45) is 3.21. The van der Waals surface area contributed by atoms with Gasteiger partial charge in [-0.25, -0.2) is 13.8 Å². The molecule has 8 nitrogen and oxygen atoms in total. The molecule has 0 radical (unpaired) electrons. The molecule has 0 aliphatic carbocycles. The van der Waals surface area contributed by atoms with E-state index in [4.69, 9.17) is 9.47 Å². The molecule has 1 atom stereocenters. The predicted molar refractivity (Wildman–Crippen MR) is 131 cm³/mol. The SMILES string of the molecule is COCCOC[C@H]1CN(C(C)C)C(=O)c2c(O)c(=O)c(-c3ncc(Cc4ccc(F)cc4F)s3)cn21. The van der Waals surface area contributed by atoms with Crippen molar-refractivity contribution >= 4 is 17.2 Å². The summed E-state index contributed by atoms with van der Waals surface area (Å²) in [5.41, 5.74) is -0.383. The minimum absolute atomic E-state index is 0.0887. The van der Waals surface area contributed by atoms with Gasteiger partial charge in [0, 0.05) is 49.5 Å². The molecule has 1 aliphatic rings. The highest BCUT2D eigenvalue weighted by atomic mass is 32.1. The lowest BCUT2D eigenvalue weighted by Crippen LogP contribution is -2.48. The second kappa shape index (κ2) is 10.9. The van der Waals surface area contributed by atoms with E-state index in [2.05, 4.69) is 4.98 Å². The number of amides is 1. The number of carbonyl (C=O) groups is 1. The normalized spacial score (nSPS) is 15.6. The molecule has 0 bridgehead atoms. The molecule has 4 rings (SSSR count). The molecule has 36 heavy (non-hydrogen) atoms. The van der Waals surface area contributed by atoms with Gasteiger partial charge in [-0.2, -0.15) is 0 Å². The number of nitrogens with zero attached hydrogens (tertiary/aromatic N) is 3. The first-order valence-electron chi connectivity index (χ1n) is 11.5. The Balaban J connectivity index is 1.70. The number of fused-ring (bicyclic) bond motifs is 1. The average molecular weight is 520 g/mol. The lowest BCUT2D eigenvalue weighted by Gasteiger charge is -2.38. The number of rotatable bonds is 9. The highest BCUT2D eigenvalue weighted by Crippen LogP contribution is 2.32. The van der Waals surface area contributed by atoms with Gasteiger partial charge in [0.25, 0.3) is 5.91 Å². The largest absolute Gasteiger partial charge is 0.503 e. The van der Waals surface area contributed by atoms with Crippen molar-refractivity contribution in [2.75, 3.05) is 33.5 Å². The molecule has 0 saturated carbocycles. The number of aromatic hydroxyl groups is 1. The maximum absolute atomic E-state index is 14.1. The zero-order valence-electron chi connectivity index (χ0n) is 20.2. The molecule has 3 aromatic rings. The van der Waals surface area contributed by atoms with Crippen LogP contribution in [0.3, 0.4) is 0 Å². The van der Waals surface area contributed by atoms with Crippen molar-refractivity contribution in [3.8, 4) is 16.3 Å². The van der Waals surface area contributed by atoms with E-state index in [1.807, 2.05) is 13.8 Å². The van der Waals surface area contributed by atoms with Crippen molar-refractivity contribution in [1.82, 2.24) is 14.5 Å². The molecule has 0 unspecified atom stereocenters. The van der Waals surface area contributed by atoms with Gasteiger partial charge in [-0.05, 0) is 25.5 Å². The number of ether oxygens (including phenoxy) is 2. The Hall–Kier alpha value is -3.15. The summed E-state index contributed by atoms with van der Waals surface area (Å²) in [6.45, 7) is 5.06. The molecule has 192 valence electrons. The summed E-state index contributed by atoms with van der Waals surface area (Å²) < 4.78 is 39.6. The van der Waals surface area contributed by atoms with Crippen LogP contribution in [0.4, 0.5) is 8.78 Å². The molecule has 0 spiro atoms. The Morgan fingerprint density at radius 3 is 2.72 bits per heavy atom. The summed E-state index contributed by atoms with van der Waals surface area (Å²) in [6, 6.07) is 2.87. The van der Waals surface area contributed by atoms with E-state index in [0.29, 0.717) is 35.2 Å². The molecule has 11 heteroatoms. The van der Waals surface area contributed by atoms with E-state index < -0.39 is 28.7 Å². The van der Waals surface area contributed by atoms with E-state index in [1.54, 1.807) is 16.6 Å². The topological polar surface area (TPSA) is 93.9 Å². The third kappa shape index (κ3) is 5.18. The van der Waals surface area contributed by atoms with Crippen molar-refractivity contribution in [3.63, 3.8) is 0 Å². The van der Waals surface area contributed by atoms with Crippen LogP contribution in [0.1, 0.15) is 40.8 Å². The van der Waals surface area contributed by atoms with E-state index in [9.17, 15) is 23.5 Å². The lowest BCUT2D eigenvalue weighted by molar-refractivity contribution is 0.0298. The Morgan fingerprint density at radius 1 is 1.25 bits per heavy atom. The summed E-state index contributed by atoms with van der Waals surface area (Å²) in [5, 5.41) is 11.2. The number of pyridine rings is 1. The standard InChI is InChI=1S/C25H27F2N3O5S/c1-14(2)29-11-17(13-35-7-6-34-3)30-12-19(22(31)23(32)21(30)25(29)33)24-28-10-18(36-24)8-15-4-5-16(26)9-20(15)27/h4-5,9-10,12,14,17,32H,6-8,11,13H2,1-3H3/t17-/m1/s1. The number of benzene rings is 1. The number of halogens is 2. The van der Waals surface area contributed by atoms with E-state index in [1.165, 1.54) is 24.5 Å². The van der Waals surface area contributed by atoms with Gasteiger partial charge in [0.05, 0.1) is 31.4 Å². The Morgan fingerprint density at radius 2 is 2.03 bits per heavy atom. The maximum Gasteiger partial charge on any atom is 0.274 e. The van der Waals surface area contributed by atoms with Crippen molar-refractivity contribution in [2.45, 2.75) is 32.4 Å². The van der Waals surface area contributed by atoms with Gasteiger partial charge < -0.3 is 24.0 Å². The lowest BCUT2D eigenvalue weighted by atomic mass is 10.1. The van der Waals surface area contributed by atoms with Crippen LogP contribution in [-0.2, 0) is 15.9 Å². The van der Waals surface area contributed by atoms with Crippen molar-refractivity contribution < 1.29 is 28.2 Å². The Kier molecular flexibility index (Phi) is 7.82. The summed E-state index contributed by atoms with van der Waals surface area (Å²) in [7, 11) is 1.57. The first kappa shape index (κ1) is 25.9. The number of aromatic nitrogens is 2. The Bertz CT molecular complexity index is 1320. The van der Waals surface area contributed by atoms with Crippen molar-refractivity contribution in [3.05, 3.63) is 68.6 Å². The number of hydrogen-bond acceptors (Lipinski definition) is 7. The molecule has 2 aromatic heterocycles. The second-order valence-corrected chi connectivity index (χ2v) is 9.91. The van der Waals surface area contributed by atoms with Crippen molar-refractivity contribution in [2.24, 2.45) is 0 Å². The van der Waals surface area contributed by atoms with E-state index in [-0.39, 0.29) is 36.4 Å². The van der Waals surface area contributed by atoms with Gasteiger partial charge >= 0.3 is 0 Å². The Labute approximate surface area is 210 Å². The van der Waals surface area contributed by atoms with Crippen LogP contribution in [0, 0.1) is 11.6 Å². The number of methoxy groups -OCH3 is 1. The van der Waals surface area contributed by atoms with Gasteiger partial charge in [-0.15, -0.1) is 11.3 Å². The fraction of sp³-hybridized carbons (Fsp3) is 0.400. The minimum atomic E-state index is -0.715. The highest BCUT2D eigenvalue weighted by molar-refractivity contribution is 7.15. The number of hydrogen-bond donors (Lipinski definition) is 1. The highest BCUT2D eigenvalue weighted by Gasteiger charge is 2.36. The van der Waals surface area contributed by atoms with Gasteiger partial charge in [0.2, 0.25) is 5.43 Å². The smallest absolute Gasteiger partial charge is 0.274 e. The molecule has 1 aliphatic heterocycles. The first-order chi connectivity index (χ1) is 17.2. The number of carbonyl (C=O) groups excluding carboxylic acids is 1. The third-order valence-electron chi connectivity index (χ3n) is 6.00. The second-order valence-electron chi connectivity index (χ2n) is 8.79. The molecule has 1 N–H and O–H groups in total. The van der Waals surface area contributed by atoms with Crippen LogP contribution < -0.4 is 5.43 Å². The van der Waals surface area contributed by atoms with Crippen LogP contribution in [0.15, 0.2) is 35.4 Å². The van der Waals surface area contributed by atoms with Gasteiger partial charge in [-0.1, -0.05) is 6.07 Å².